The third-order valence-electron chi connectivity index (χ3n) is 2.43. The summed E-state index contributed by atoms with van der Waals surface area (Å²) >= 11 is 6.90. The Hall–Kier alpha value is -1.39. The second-order valence-corrected chi connectivity index (χ2v) is 5.02. The lowest BCUT2D eigenvalue weighted by Gasteiger charge is -2.00. The number of Topliss-reactive ketones (excluding diaryl/α,β-unsaturated/α-hetero) is 1. The van der Waals surface area contributed by atoms with Gasteiger partial charge in [0.05, 0.1) is 17.0 Å². The standard InChI is InChI=1S/C13H10ClFO2S/c1-17-9-6-13(18-7-9)12(16)5-8-2-3-10(14)11(15)4-8/h2-4,6-7H,5H2,1H3. The fourth-order valence-electron chi connectivity index (χ4n) is 1.49. The Labute approximate surface area is 113 Å². The number of hydrogen-bond acceptors (Lipinski definition) is 3. The van der Waals surface area contributed by atoms with Gasteiger partial charge in [0.2, 0.25) is 0 Å². The quantitative estimate of drug-likeness (QED) is 0.794. The molecule has 0 aliphatic carbocycles. The molecule has 0 atom stereocenters. The van der Waals surface area contributed by atoms with Crippen molar-refractivity contribution in [2.24, 2.45) is 0 Å². The van der Waals surface area contributed by atoms with E-state index in [0.29, 0.717) is 16.2 Å². The molecule has 0 saturated carbocycles. The maximum atomic E-state index is 13.2. The molecule has 18 heavy (non-hydrogen) atoms. The number of ketones is 1. The molecule has 2 rings (SSSR count). The molecule has 1 aromatic carbocycles. The highest BCUT2D eigenvalue weighted by Gasteiger charge is 2.11. The van der Waals surface area contributed by atoms with Crippen LogP contribution in [0.25, 0.3) is 0 Å². The number of carbonyl (C=O) groups is 1. The molecule has 0 fully saturated rings. The number of carbonyl (C=O) groups excluding carboxylic acids is 1. The Morgan fingerprint density at radius 2 is 2.22 bits per heavy atom. The monoisotopic (exact) mass is 284 g/mol. The highest BCUT2D eigenvalue weighted by Crippen LogP contribution is 2.23. The molecule has 0 radical (unpaired) electrons. The first kappa shape index (κ1) is 13.1. The van der Waals surface area contributed by atoms with Crippen LogP contribution in [0.4, 0.5) is 4.39 Å². The predicted octanol–water partition coefficient (Wildman–Crippen LogP) is 3.97. The molecule has 0 aliphatic rings. The second-order valence-electron chi connectivity index (χ2n) is 3.70. The van der Waals surface area contributed by atoms with Crippen LogP contribution >= 0.6 is 22.9 Å². The van der Waals surface area contributed by atoms with Crippen LogP contribution < -0.4 is 4.74 Å². The number of benzene rings is 1. The van der Waals surface area contributed by atoms with Crippen LogP contribution in [0.15, 0.2) is 29.6 Å². The molecule has 2 nitrogen and oxygen atoms in total. The number of hydrogen-bond donors (Lipinski definition) is 0. The maximum absolute atomic E-state index is 13.2. The molecule has 0 N–H and O–H groups in total. The molecule has 0 spiro atoms. The number of ether oxygens (including phenoxy) is 1. The number of methoxy groups -OCH3 is 1. The van der Waals surface area contributed by atoms with Gasteiger partial charge in [-0.3, -0.25) is 4.79 Å². The molecule has 0 aliphatic heterocycles. The summed E-state index contributed by atoms with van der Waals surface area (Å²) in [6.07, 6.45) is 0.151. The third kappa shape index (κ3) is 2.89. The van der Waals surface area contributed by atoms with Crippen LogP contribution in [-0.2, 0) is 6.42 Å². The van der Waals surface area contributed by atoms with Gasteiger partial charge in [-0.1, -0.05) is 17.7 Å². The molecule has 94 valence electrons. The van der Waals surface area contributed by atoms with Crippen molar-refractivity contribution in [3.63, 3.8) is 0 Å². The van der Waals surface area contributed by atoms with Crippen molar-refractivity contribution in [3.8, 4) is 5.75 Å². The largest absolute Gasteiger partial charge is 0.496 e. The Balaban J connectivity index is 2.13. The molecule has 1 aromatic heterocycles. The Bertz CT molecular complexity index is 580. The second kappa shape index (κ2) is 5.50. The van der Waals surface area contributed by atoms with E-state index < -0.39 is 5.82 Å². The zero-order valence-corrected chi connectivity index (χ0v) is 11.1. The van der Waals surface area contributed by atoms with Gasteiger partial charge in [-0.05, 0) is 17.7 Å². The smallest absolute Gasteiger partial charge is 0.177 e. The van der Waals surface area contributed by atoms with Gasteiger partial charge in [-0.25, -0.2) is 4.39 Å². The lowest BCUT2D eigenvalue weighted by atomic mass is 10.1. The summed E-state index contributed by atoms with van der Waals surface area (Å²) in [7, 11) is 1.55. The van der Waals surface area contributed by atoms with E-state index in [2.05, 4.69) is 0 Å². The minimum atomic E-state index is -0.509. The summed E-state index contributed by atoms with van der Waals surface area (Å²) in [5.74, 6) is 0.0846. The first-order valence-electron chi connectivity index (χ1n) is 5.20. The van der Waals surface area contributed by atoms with Gasteiger partial charge in [0, 0.05) is 17.9 Å². The average molecular weight is 285 g/mol. The number of rotatable bonds is 4. The summed E-state index contributed by atoms with van der Waals surface area (Å²) < 4.78 is 18.2. The minimum absolute atomic E-state index is 0.0593. The van der Waals surface area contributed by atoms with Crippen LogP contribution in [0.5, 0.6) is 5.75 Å². The van der Waals surface area contributed by atoms with E-state index in [4.69, 9.17) is 16.3 Å². The van der Waals surface area contributed by atoms with Gasteiger partial charge in [-0.15, -0.1) is 11.3 Å². The van der Waals surface area contributed by atoms with E-state index in [1.807, 2.05) is 0 Å². The van der Waals surface area contributed by atoms with Crippen molar-refractivity contribution in [3.05, 3.63) is 50.9 Å². The fraction of sp³-hybridized carbons (Fsp3) is 0.154. The van der Waals surface area contributed by atoms with Crippen LogP contribution in [0.3, 0.4) is 0 Å². The van der Waals surface area contributed by atoms with Crippen LogP contribution in [0, 0.1) is 5.82 Å². The molecule has 2 aromatic rings. The first-order chi connectivity index (χ1) is 8.60. The van der Waals surface area contributed by atoms with Crippen LogP contribution in [-0.4, -0.2) is 12.9 Å². The summed E-state index contributed by atoms with van der Waals surface area (Å²) in [6, 6.07) is 6.06. The van der Waals surface area contributed by atoms with E-state index in [1.165, 1.54) is 23.5 Å². The van der Waals surface area contributed by atoms with Crippen molar-refractivity contribution >= 4 is 28.7 Å². The number of thiophene rings is 1. The van der Waals surface area contributed by atoms with Gasteiger partial charge in [0.1, 0.15) is 11.6 Å². The van der Waals surface area contributed by atoms with Crippen LogP contribution in [0.1, 0.15) is 15.2 Å². The maximum Gasteiger partial charge on any atom is 0.177 e. The SMILES string of the molecule is COc1csc(C(=O)Cc2ccc(Cl)c(F)c2)c1. The highest BCUT2D eigenvalue weighted by molar-refractivity contribution is 7.12. The minimum Gasteiger partial charge on any atom is -0.496 e. The van der Waals surface area contributed by atoms with Gasteiger partial charge in [0.15, 0.2) is 5.78 Å². The molecule has 1 heterocycles. The van der Waals surface area contributed by atoms with E-state index in [0.717, 1.165) is 0 Å². The molecule has 0 bridgehead atoms. The van der Waals surface area contributed by atoms with Crippen molar-refractivity contribution < 1.29 is 13.9 Å². The summed E-state index contributed by atoms with van der Waals surface area (Å²) in [5.41, 5.74) is 0.606. The summed E-state index contributed by atoms with van der Waals surface area (Å²) in [5, 5.41) is 1.82. The van der Waals surface area contributed by atoms with Crippen molar-refractivity contribution in [2.75, 3.05) is 7.11 Å². The summed E-state index contributed by atoms with van der Waals surface area (Å²) in [6.45, 7) is 0. The molecule has 0 amide bonds. The van der Waals surface area contributed by atoms with Crippen molar-refractivity contribution in [1.82, 2.24) is 0 Å². The first-order valence-corrected chi connectivity index (χ1v) is 6.45. The zero-order valence-electron chi connectivity index (χ0n) is 9.57. The van der Waals surface area contributed by atoms with Gasteiger partial charge < -0.3 is 4.74 Å². The predicted molar refractivity (Wildman–Crippen MR) is 70.3 cm³/mol. The molecule has 5 heteroatoms. The molecular weight excluding hydrogens is 275 g/mol. The fourth-order valence-corrected chi connectivity index (χ4v) is 2.41. The van der Waals surface area contributed by atoms with Crippen molar-refractivity contribution in [1.29, 1.82) is 0 Å². The zero-order chi connectivity index (χ0) is 13.1. The average Bonchev–Trinajstić information content (AvgIpc) is 2.82. The van der Waals surface area contributed by atoms with E-state index >= 15 is 0 Å². The van der Waals surface area contributed by atoms with Crippen LogP contribution in [0.2, 0.25) is 5.02 Å². The Kier molecular flexibility index (Phi) is 3.99. The Morgan fingerprint density at radius 3 is 2.83 bits per heavy atom. The highest BCUT2D eigenvalue weighted by atomic mass is 35.5. The lowest BCUT2D eigenvalue weighted by molar-refractivity contribution is 0.0996. The molecule has 0 unspecified atom stereocenters. The molecule has 0 saturated heterocycles. The number of halogens is 2. The van der Waals surface area contributed by atoms with Gasteiger partial charge in [-0.2, -0.15) is 0 Å². The van der Waals surface area contributed by atoms with E-state index in [-0.39, 0.29) is 17.2 Å². The van der Waals surface area contributed by atoms with Gasteiger partial charge in [0.25, 0.3) is 0 Å². The normalized spacial score (nSPS) is 10.4. The molecular formula is C13H10ClFO2S. The lowest BCUT2D eigenvalue weighted by Crippen LogP contribution is -2.01. The Morgan fingerprint density at radius 1 is 1.44 bits per heavy atom. The van der Waals surface area contributed by atoms with Gasteiger partial charge >= 0.3 is 0 Å². The summed E-state index contributed by atoms with van der Waals surface area (Å²) in [4.78, 5) is 12.5. The van der Waals surface area contributed by atoms with E-state index in [9.17, 15) is 9.18 Å². The van der Waals surface area contributed by atoms with E-state index in [1.54, 1.807) is 24.6 Å². The third-order valence-corrected chi connectivity index (χ3v) is 3.69. The topological polar surface area (TPSA) is 26.3 Å². The van der Waals surface area contributed by atoms with Crippen molar-refractivity contribution in [2.45, 2.75) is 6.42 Å².